The van der Waals surface area contributed by atoms with Crippen LogP contribution >= 0.6 is 0 Å². The molecular weight excluding hydrogens is 332 g/mol. The fourth-order valence-corrected chi connectivity index (χ4v) is 4.35. The second-order valence-electron chi connectivity index (χ2n) is 7.36. The van der Waals surface area contributed by atoms with Crippen LogP contribution in [0.3, 0.4) is 0 Å². The van der Waals surface area contributed by atoms with Crippen molar-refractivity contribution in [2.75, 3.05) is 20.8 Å². The van der Waals surface area contributed by atoms with E-state index in [1.165, 1.54) is 0 Å². The van der Waals surface area contributed by atoms with Crippen molar-refractivity contribution < 1.29 is 19.1 Å². The first-order chi connectivity index (χ1) is 12.6. The number of hydrogen-bond acceptors (Lipinski definition) is 4. The van der Waals surface area contributed by atoms with Gasteiger partial charge in [-0.15, -0.1) is 0 Å². The molecule has 6 heteroatoms. The highest BCUT2D eigenvalue weighted by atomic mass is 16.5. The fraction of sp³-hybridized carbons (Fsp3) is 0.600. The number of carbonyl (C=O) groups excluding carboxylic acids is 2. The highest BCUT2D eigenvalue weighted by Crippen LogP contribution is 2.35. The number of carbonyl (C=O) groups is 2. The summed E-state index contributed by atoms with van der Waals surface area (Å²) in [5.41, 5.74) is 0.932. The lowest BCUT2D eigenvalue weighted by Gasteiger charge is -2.43. The van der Waals surface area contributed by atoms with Crippen LogP contribution in [-0.2, 0) is 20.7 Å². The van der Waals surface area contributed by atoms with Crippen molar-refractivity contribution in [1.82, 2.24) is 10.6 Å². The zero-order valence-corrected chi connectivity index (χ0v) is 15.5. The molecule has 1 aliphatic carbocycles. The molecule has 1 aliphatic heterocycles. The number of hydrogen-bond donors (Lipinski definition) is 2. The third-order valence-corrected chi connectivity index (χ3v) is 5.55. The van der Waals surface area contributed by atoms with Crippen LogP contribution in [0.15, 0.2) is 24.3 Å². The Morgan fingerprint density at radius 3 is 2.92 bits per heavy atom. The van der Waals surface area contributed by atoms with Gasteiger partial charge in [0.1, 0.15) is 5.75 Å². The number of fused-ring (bicyclic) bond motifs is 1. The largest absolute Gasteiger partial charge is 0.497 e. The lowest BCUT2D eigenvalue weighted by molar-refractivity contribution is -0.128. The molecule has 6 nitrogen and oxygen atoms in total. The van der Waals surface area contributed by atoms with E-state index in [0.717, 1.165) is 30.6 Å². The zero-order valence-electron chi connectivity index (χ0n) is 15.5. The minimum absolute atomic E-state index is 0.0114. The SMILES string of the molecule is COCC1CC(=O)NC2CC(NC(=O)Cc3cccc(OC)c3)CCC12. The first kappa shape index (κ1) is 18.7. The number of nitrogens with one attached hydrogen (secondary N) is 2. The van der Waals surface area contributed by atoms with Crippen LogP contribution in [0.1, 0.15) is 31.2 Å². The van der Waals surface area contributed by atoms with E-state index >= 15 is 0 Å². The summed E-state index contributed by atoms with van der Waals surface area (Å²) in [6, 6.07) is 7.80. The van der Waals surface area contributed by atoms with Crippen molar-refractivity contribution in [2.24, 2.45) is 11.8 Å². The molecule has 1 saturated heterocycles. The highest BCUT2D eigenvalue weighted by molar-refractivity contribution is 5.79. The fourth-order valence-electron chi connectivity index (χ4n) is 4.35. The van der Waals surface area contributed by atoms with Gasteiger partial charge < -0.3 is 20.1 Å². The van der Waals surface area contributed by atoms with E-state index < -0.39 is 0 Å². The molecule has 26 heavy (non-hydrogen) atoms. The van der Waals surface area contributed by atoms with E-state index in [1.54, 1.807) is 14.2 Å². The molecule has 142 valence electrons. The predicted molar refractivity (Wildman–Crippen MR) is 97.9 cm³/mol. The summed E-state index contributed by atoms with van der Waals surface area (Å²) in [7, 11) is 3.30. The van der Waals surface area contributed by atoms with Gasteiger partial charge in [-0.3, -0.25) is 9.59 Å². The summed E-state index contributed by atoms with van der Waals surface area (Å²) in [6.45, 7) is 0.626. The van der Waals surface area contributed by atoms with Crippen LogP contribution in [0.5, 0.6) is 5.75 Å². The number of benzene rings is 1. The molecule has 0 aromatic heterocycles. The van der Waals surface area contributed by atoms with Crippen LogP contribution < -0.4 is 15.4 Å². The topological polar surface area (TPSA) is 76.7 Å². The quantitative estimate of drug-likeness (QED) is 0.809. The summed E-state index contributed by atoms with van der Waals surface area (Å²) in [5, 5.41) is 6.25. The Bertz CT molecular complexity index is 648. The average Bonchev–Trinajstić information content (AvgIpc) is 2.61. The van der Waals surface area contributed by atoms with Gasteiger partial charge in [-0.25, -0.2) is 0 Å². The van der Waals surface area contributed by atoms with Gasteiger partial charge >= 0.3 is 0 Å². The van der Waals surface area contributed by atoms with E-state index in [2.05, 4.69) is 10.6 Å². The molecule has 2 aliphatic rings. The molecule has 1 aromatic rings. The van der Waals surface area contributed by atoms with Gasteiger partial charge in [0, 0.05) is 32.2 Å². The number of methoxy groups -OCH3 is 2. The standard InChI is InChI=1S/C20H28N2O4/c1-25-12-14-10-20(24)22-18-11-15(6-7-17(14)18)21-19(23)9-13-4-3-5-16(8-13)26-2/h3-5,8,14-15,17-18H,6-7,9-12H2,1-2H3,(H,21,23)(H,22,24). The highest BCUT2D eigenvalue weighted by Gasteiger charge is 2.40. The Kier molecular flexibility index (Phi) is 6.14. The van der Waals surface area contributed by atoms with Crippen LogP contribution in [0.2, 0.25) is 0 Å². The first-order valence-corrected chi connectivity index (χ1v) is 9.29. The van der Waals surface area contributed by atoms with Gasteiger partial charge in [0.15, 0.2) is 0 Å². The van der Waals surface area contributed by atoms with Gasteiger partial charge in [0.25, 0.3) is 0 Å². The van der Waals surface area contributed by atoms with Crippen LogP contribution in [0, 0.1) is 11.8 Å². The Balaban J connectivity index is 1.54. The third-order valence-electron chi connectivity index (χ3n) is 5.55. The van der Waals surface area contributed by atoms with Gasteiger partial charge in [-0.1, -0.05) is 12.1 Å². The Morgan fingerprint density at radius 1 is 1.31 bits per heavy atom. The number of amides is 2. The maximum atomic E-state index is 12.4. The van der Waals surface area contributed by atoms with Crippen molar-refractivity contribution in [3.8, 4) is 5.75 Å². The van der Waals surface area contributed by atoms with Crippen molar-refractivity contribution in [3.05, 3.63) is 29.8 Å². The van der Waals surface area contributed by atoms with E-state index in [0.29, 0.717) is 25.4 Å². The maximum absolute atomic E-state index is 12.4. The number of ether oxygens (including phenoxy) is 2. The lowest BCUT2D eigenvalue weighted by Crippen LogP contribution is -2.56. The smallest absolute Gasteiger partial charge is 0.224 e. The second-order valence-corrected chi connectivity index (χ2v) is 7.36. The second kappa shape index (κ2) is 8.54. The molecule has 0 bridgehead atoms. The molecule has 0 radical (unpaired) electrons. The van der Waals surface area contributed by atoms with Gasteiger partial charge in [0.05, 0.1) is 13.5 Å². The predicted octanol–water partition coefficient (Wildman–Crippen LogP) is 1.67. The van der Waals surface area contributed by atoms with E-state index in [9.17, 15) is 9.59 Å². The van der Waals surface area contributed by atoms with Gasteiger partial charge in [-0.2, -0.15) is 0 Å². The summed E-state index contributed by atoms with van der Waals surface area (Å²) in [6.07, 6.45) is 3.62. The van der Waals surface area contributed by atoms with Crippen molar-refractivity contribution >= 4 is 11.8 Å². The van der Waals surface area contributed by atoms with Crippen molar-refractivity contribution in [3.63, 3.8) is 0 Å². The molecule has 2 N–H and O–H groups in total. The van der Waals surface area contributed by atoms with Crippen LogP contribution in [0.4, 0.5) is 0 Å². The molecular formula is C20H28N2O4. The number of rotatable bonds is 6. The molecule has 4 unspecified atom stereocenters. The lowest BCUT2D eigenvalue weighted by atomic mass is 9.71. The van der Waals surface area contributed by atoms with E-state index in [1.807, 2.05) is 24.3 Å². The molecule has 2 fully saturated rings. The van der Waals surface area contributed by atoms with E-state index in [4.69, 9.17) is 9.47 Å². The molecule has 4 atom stereocenters. The third kappa shape index (κ3) is 4.55. The van der Waals surface area contributed by atoms with Crippen molar-refractivity contribution in [1.29, 1.82) is 0 Å². The zero-order chi connectivity index (χ0) is 18.5. The first-order valence-electron chi connectivity index (χ1n) is 9.29. The van der Waals surface area contributed by atoms with Gasteiger partial charge in [-0.05, 0) is 48.8 Å². The Labute approximate surface area is 154 Å². The summed E-state index contributed by atoms with van der Waals surface area (Å²) < 4.78 is 10.5. The van der Waals surface area contributed by atoms with Gasteiger partial charge in [0.2, 0.25) is 11.8 Å². The molecule has 1 aromatic carbocycles. The summed E-state index contributed by atoms with van der Waals surface area (Å²) >= 11 is 0. The summed E-state index contributed by atoms with van der Waals surface area (Å²) in [4.78, 5) is 24.4. The molecule has 2 amide bonds. The Hall–Kier alpha value is -2.08. The van der Waals surface area contributed by atoms with Crippen LogP contribution in [-0.4, -0.2) is 44.7 Å². The molecule has 3 rings (SSSR count). The molecule has 0 spiro atoms. The molecule has 1 heterocycles. The minimum Gasteiger partial charge on any atom is -0.497 e. The minimum atomic E-state index is 0.0114. The van der Waals surface area contributed by atoms with E-state index in [-0.39, 0.29) is 29.8 Å². The summed E-state index contributed by atoms with van der Waals surface area (Å²) in [5.74, 6) is 1.59. The maximum Gasteiger partial charge on any atom is 0.224 e. The number of piperidine rings is 1. The Morgan fingerprint density at radius 2 is 2.15 bits per heavy atom. The van der Waals surface area contributed by atoms with Crippen LogP contribution in [0.25, 0.3) is 0 Å². The van der Waals surface area contributed by atoms with Crippen molar-refractivity contribution in [2.45, 2.75) is 44.2 Å². The normalized spacial score (nSPS) is 28.0. The molecule has 1 saturated carbocycles. The monoisotopic (exact) mass is 360 g/mol. The average molecular weight is 360 g/mol.